The molecule has 0 saturated heterocycles. The third kappa shape index (κ3) is 3.51. The maximum Gasteiger partial charge on any atom is 0.329 e. The molecule has 0 radical (unpaired) electrons. The SMILES string of the molecule is CC(NC(=O)Nc1ccc(CC#N)cc1)(C(=O)O)C1CC1. The number of amides is 2. The van der Waals surface area contributed by atoms with Crippen LogP contribution in [0.5, 0.6) is 0 Å². The van der Waals surface area contributed by atoms with Gasteiger partial charge >= 0.3 is 12.0 Å². The molecule has 1 unspecified atom stereocenters. The standard InChI is InChI=1S/C15H17N3O3/c1-15(13(19)20,11-4-5-11)18-14(21)17-12-6-2-10(3-7-12)8-9-16/h2-3,6-7,11H,4-5,8H2,1H3,(H,19,20)(H2,17,18,21). The number of hydrogen-bond donors (Lipinski definition) is 3. The monoisotopic (exact) mass is 287 g/mol. The van der Waals surface area contributed by atoms with Gasteiger partial charge in [0, 0.05) is 5.69 Å². The van der Waals surface area contributed by atoms with Crippen molar-refractivity contribution >= 4 is 17.7 Å². The summed E-state index contributed by atoms with van der Waals surface area (Å²) in [5.41, 5.74) is 0.180. The van der Waals surface area contributed by atoms with Gasteiger partial charge in [-0.3, -0.25) is 0 Å². The van der Waals surface area contributed by atoms with Gasteiger partial charge in [0.2, 0.25) is 0 Å². The summed E-state index contributed by atoms with van der Waals surface area (Å²) in [7, 11) is 0. The second-order valence-corrected chi connectivity index (χ2v) is 5.39. The van der Waals surface area contributed by atoms with E-state index in [-0.39, 0.29) is 5.92 Å². The van der Waals surface area contributed by atoms with E-state index in [0.717, 1.165) is 18.4 Å². The fraction of sp³-hybridized carbons (Fsp3) is 0.400. The normalized spacial score (nSPS) is 16.4. The Labute approximate surface area is 122 Å². The van der Waals surface area contributed by atoms with Gasteiger partial charge in [0.1, 0.15) is 5.54 Å². The topological polar surface area (TPSA) is 102 Å². The molecule has 1 aliphatic carbocycles. The van der Waals surface area contributed by atoms with E-state index in [1.165, 1.54) is 6.92 Å². The highest BCUT2D eigenvalue weighted by Gasteiger charge is 2.48. The van der Waals surface area contributed by atoms with Crippen LogP contribution in [-0.4, -0.2) is 22.6 Å². The van der Waals surface area contributed by atoms with Crippen LogP contribution in [0.1, 0.15) is 25.3 Å². The van der Waals surface area contributed by atoms with E-state index in [0.29, 0.717) is 12.1 Å². The second kappa shape index (κ2) is 5.83. The molecule has 1 saturated carbocycles. The third-order valence-corrected chi connectivity index (χ3v) is 3.71. The molecular formula is C15H17N3O3. The van der Waals surface area contributed by atoms with Gasteiger partial charge in [-0.1, -0.05) is 12.1 Å². The predicted octanol–water partition coefficient (Wildman–Crippen LogP) is 2.13. The zero-order valence-corrected chi connectivity index (χ0v) is 11.7. The van der Waals surface area contributed by atoms with Crippen molar-refractivity contribution in [2.45, 2.75) is 31.7 Å². The van der Waals surface area contributed by atoms with Crippen LogP contribution in [-0.2, 0) is 11.2 Å². The van der Waals surface area contributed by atoms with Gasteiger partial charge in [0.05, 0.1) is 12.5 Å². The molecular weight excluding hydrogens is 270 g/mol. The van der Waals surface area contributed by atoms with Crippen LogP contribution in [0.4, 0.5) is 10.5 Å². The number of carbonyl (C=O) groups excluding carboxylic acids is 1. The van der Waals surface area contributed by atoms with Gasteiger partial charge in [-0.15, -0.1) is 0 Å². The number of carboxylic acids is 1. The smallest absolute Gasteiger partial charge is 0.329 e. The lowest BCUT2D eigenvalue weighted by molar-refractivity contribution is -0.144. The molecule has 0 aromatic heterocycles. The Hall–Kier alpha value is -2.55. The summed E-state index contributed by atoms with van der Waals surface area (Å²) < 4.78 is 0. The Morgan fingerprint density at radius 3 is 2.48 bits per heavy atom. The minimum absolute atomic E-state index is 0.0150. The molecule has 1 atom stereocenters. The molecule has 0 aliphatic heterocycles. The lowest BCUT2D eigenvalue weighted by Gasteiger charge is -2.26. The Kier molecular flexibility index (Phi) is 4.13. The molecule has 1 aromatic rings. The van der Waals surface area contributed by atoms with Crippen LogP contribution in [0.3, 0.4) is 0 Å². The van der Waals surface area contributed by atoms with Crippen LogP contribution in [0.25, 0.3) is 0 Å². The van der Waals surface area contributed by atoms with E-state index in [1.807, 2.05) is 6.07 Å². The molecule has 1 aromatic carbocycles. The van der Waals surface area contributed by atoms with E-state index in [1.54, 1.807) is 24.3 Å². The number of anilines is 1. The van der Waals surface area contributed by atoms with Gasteiger partial charge in [-0.2, -0.15) is 5.26 Å². The summed E-state index contributed by atoms with van der Waals surface area (Å²) in [6, 6.07) is 8.36. The highest BCUT2D eigenvalue weighted by Crippen LogP contribution is 2.39. The van der Waals surface area contributed by atoms with Crippen LogP contribution >= 0.6 is 0 Å². The molecule has 0 spiro atoms. The van der Waals surface area contributed by atoms with Crippen molar-refractivity contribution in [2.75, 3.05) is 5.32 Å². The fourth-order valence-corrected chi connectivity index (χ4v) is 2.19. The number of urea groups is 1. The average molecular weight is 287 g/mol. The van der Waals surface area contributed by atoms with Crippen molar-refractivity contribution in [3.05, 3.63) is 29.8 Å². The van der Waals surface area contributed by atoms with Gasteiger partial charge in [0.15, 0.2) is 0 Å². The molecule has 0 heterocycles. The van der Waals surface area contributed by atoms with Crippen molar-refractivity contribution in [1.29, 1.82) is 5.26 Å². The quantitative estimate of drug-likeness (QED) is 0.771. The number of rotatable bonds is 5. The Balaban J connectivity index is 1.98. The first-order valence-electron chi connectivity index (χ1n) is 6.74. The molecule has 1 fully saturated rings. The lowest BCUT2D eigenvalue weighted by Crippen LogP contribution is -2.55. The second-order valence-electron chi connectivity index (χ2n) is 5.39. The molecule has 6 heteroatoms. The summed E-state index contributed by atoms with van der Waals surface area (Å²) in [6.45, 7) is 1.53. The Morgan fingerprint density at radius 2 is 2.00 bits per heavy atom. The Bertz CT molecular complexity index is 587. The van der Waals surface area contributed by atoms with Crippen molar-refractivity contribution in [3.8, 4) is 6.07 Å². The van der Waals surface area contributed by atoms with E-state index >= 15 is 0 Å². The Morgan fingerprint density at radius 1 is 1.38 bits per heavy atom. The van der Waals surface area contributed by atoms with Crippen LogP contribution in [0, 0.1) is 17.2 Å². The summed E-state index contributed by atoms with van der Waals surface area (Å²) in [6.07, 6.45) is 1.93. The summed E-state index contributed by atoms with van der Waals surface area (Å²) in [4.78, 5) is 23.3. The molecule has 3 N–H and O–H groups in total. The van der Waals surface area contributed by atoms with E-state index in [4.69, 9.17) is 5.26 Å². The van der Waals surface area contributed by atoms with E-state index in [9.17, 15) is 14.7 Å². The third-order valence-electron chi connectivity index (χ3n) is 3.71. The number of hydrogen-bond acceptors (Lipinski definition) is 3. The fourth-order valence-electron chi connectivity index (χ4n) is 2.19. The van der Waals surface area contributed by atoms with E-state index < -0.39 is 17.5 Å². The number of benzene rings is 1. The maximum absolute atomic E-state index is 11.9. The zero-order chi connectivity index (χ0) is 15.5. The number of carbonyl (C=O) groups is 2. The number of nitrogens with zero attached hydrogens (tertiary/aromatic N) is 1. The highest BCUT2D eigenvalue weighted by atomic mass is 16.4. The predicted molar refractivity (Wildman–Crippen MR) is 76.7 cm³/mol. The summed E-state index contributed by atoms with van der Waals surface area (Å²) in [5, 5.41) is 23.0. The average Bonchev–Trinajstić information content (AvgIpc) is 3.25. The van der Waals surface area contributed by atoms with Gasteiger partial charge in [-0.25, -0.2) is 9.59 Å². The van der Waals surface area contributed by atoms with E-state index in [2.05, 4.69) is 10.6 Å². The molecule has 21 heavy (non-hydrogen) atoms. The molecule has 2 rings (SSSR count). The summed E-state index contributed by atoms with van der Waals surface area (Å²) in [5.74, 6) is -1.04. The van der Waals surface area contributed by atoms with Crippen molar-refractivity contribution in [3.63, 3.8) is 0 Å². The number of nitriles is 1. The first-order valence-corrected chi connectivity index (χ1v) is 6.74. The molecule has 1 aliphatic rings. The van der Waals surface area contributed by atoms with Crippen LogP contribution < -0.4 is 10.6 Å². The minimum atomic E-state index is -1.23. The molecule has 6 nitrogen and oxygen atoms in total. The van der Waals surface area contributed by atoms with Crippen LogP contribution in [0.2, 0.25) is 0 Å². The van der Waals surface area contributed by atoms with Crippen molar-refractivity contribution in [2.24, 2.45) is 5.92 Å². The summed E-state index contributed by atoms with van der Waals surface area (Å²) >= 11 is 0. The molecule has 0 bridgehead atoms. The van der Waals surface area contributed by atoms with Crippen molar-refractivity contribution in [1.82, 2.24) is 5.32 Å². The lowest BCUT2D eigenvalue weighted by atomic mass is 9.96. The maximum atomic E-state index is 11.9. The number of carboxylic acid groups (broad SMARTS) is 1. The largest absolute Gasteiger partial charge is 0.480 e. The molecule has 2 amide bonds. The molecule has 110 valence electrons. The highest BCUT2D eigenvalue weighted by molar-refractivity contribution is 5.94. The first-order chi connectivity index (χ1) is 9.95. The van der Waals surface area contributed by atoms with Crippen LogP contribution in [0.15, 0.2) is 24.3 Å². The van der Waals surface area contributed by atoms with Gasteiger partial charge < -0.3 is 15.7 Å². The van der Waals surface area contributed by atoms with Gasteiger partial charge in [0.25, 0.3) is 0 Å². The number of nitrogens with one attached hydrogen (secondary N) is 2. The van der Waals surface area contributed by atoms with Crippen molar-refractivity contribution < 1.29 is 14.7 Å². The first kappa shape index (κ1) is 14.9. The minimum Gasteiger partial charge on any atom is -0.480 e. The number of aliphatic carboxylic acids is 1. The zero-order valence-electron chi connectivity index (χ0n) is 11.7. The van der Waals surface area contributed by atoms with Gasteiger partial charge in [-0.05, 0) is 43.4 Å².